The lowest BCUT2D eigenvalue weighted by Gasteiger charge is -2.23. The summed E-state index contributed by atoms with van der Waals surface area (Å²) in [6.45, 7) is 8.90. The van der Waals surface area contributed by atoms with Gasteiger partial charge in [0.15, 0.2) is 0 Å². The largest absolute Gasteiger partial charge is 0.310 e. The van der Waals surface area contributed by atoms with Crippen LogP contribution in [-0.4, -0.2) is 31.9 Å². The minimum absolute atomic E-state index is 0.0923. The van der Waals surface area contributed by atoms with E-state index in [9.17, 15) is 8.42 Å². The Morgan fingerprint density at radius 1 is 1.38 bits per heavy atom. The van der Waals surface area contributed by atoms with Crippen LogP contribution in [0.5, 0.6) is 0 Å². The molecule has 1 heterocycles. The lowest BCUT2D eigenvalue weighted by molar-refractivity contribution is 0.358. The Morgan fingerprint density at radius 3 is 2.52 bits per heavy atom. The third-order valence-electron chi connectivity index (χ3n) is 4.18. The molecule has 6 heteroatoms. The highest BCUT2D eigenvalue weighted by atomic mass is 32.2. The highest BCUT2D eigenvalue weighted by Gasteiger charge is 2.36. The van der Waals surface area contributed by atoms with Gasteiger partial charge in [-0.15, -0.1) is 11.3 Å². The zero-order valence-electron chi connectivity index (χ0n) is 13.5. The normalized spacial score (nSPS) is 17.7. The van der Waals surface area contributed by atoms with Gasteiger partial charge in [-0.3, -0.25) is 0 Å². The molecule has 0 aliphatic heterocycles. The van der Waals surface area contributed by atoms with Gasteiger partial charge in [0.2, 0.25) is 0 Å². The van der Waals surface area contributed by atoms with Gasteiger partial charge in [0.25, 0.3) is 10.0 Å². The second kappa shape index (κ2) is 6.36. The van der Waals surface area contributed by atoms with E-state index in [1.54, 1.807) is 11.4 Å². The van der Waals surface area contributed by atoms with E-state index in [1.165, 1.54) is 11.3 Å². The first-order valence-electron chi connectivity index (χ1n) is 7.54. The molecule has 1 N–H and O–H groups in total. The van der Waals surface area contributed by atoms with Crippen molar-refractivity contribution >= 4 is 21.4 Å². The summed E-state index contributed by atoms with van der Waals surface area (Å²) in [5.41, 5.74) is 1.05. The third-order valence-corrected chi connectivity index (χ3v) is 7.81. The fraction of sp³-hybridized carbons (Fsp3) is 0.733. The van der Waals surface area contributed by atoms with Crippen molar-refractivity contribution in [1.29, 1.82) is 0 Å². The summed E-state index contributed by atoms with van der Waals surface area (Å²) < 4.78 is 27.5. The van der Waals surface area contributed by atoms with E-state index in [2.05, 4.69) is 19.2 Å². The SMILES string of the molecule is Cc1cc(S(=O)(=O)N(C)C(C)C2CC2)sc1CNC(C)C. The molecule has 1 fully saturated rings. The van der Waals surface area contributed by atoms with Gasteiger partial charge in [0, 0.05) is 30.6 Å². The van der Waals surface area contributed by atoms with Gasteiger partial charge in [0.05, 0.1) is 0 Å². The van der Waals surface area contributed by atoms with Crippen LogP contribution >= 0.6 is 11.3 Å². The van der Waals surface area contributed by atoms with E-state index >= 15 is 0 Å². The first-order chi connectivity index (χ1) is 9.73. The van der Waals surface area contributed by atoms with Crippen LogP contribution in [0.15, 0.2) is 10.3 Å². The van der Waals surface area contributed by atoms with Gasteiger partial charge in [-0.05, 0) is 44.2 Å². The maximum Gasteiger partial charge on any atom is 0.252 e. The first kappa shape index (κ1) is 16.9. The van der Waals surface area contributed by atoms with Gasteiger partial charge < -0.3 is 5.32 Å². The molecule has 0 spiro atoms. The van der Waals surface area contributed by atoms with Crippen molar-refractivity contribution in [2.24, 2.45) is 5.92 Å². The van der Waals surface area contributed by atoms with Crippen molar-refractivity contribution in [3.05, 3.63) is 16.5 Å². The second-order valence-electron chi connectivity index (χ2n) is 6.31. The molecule has 120 valence electrons. The van der Waals surface area contributed by atoms with Gasteiger partial charge in [-0.25, -0.2) is 8.42 Å². The van der Waals surface area contributed by atoms with Crippen LogP contribution in [-0.2, 0) is 16.6 Å². The maximum absolute atomic E-state index is 12.7. The summed E-state index contributed by atoms with van der Waals surface area (Å²) in [6.07, 6.45) is 2.29. The predicted molar refractivity (Wildman–Crippen MR) is 88.2 cm³/mol. The molecule has 1 atom stereocenters. The Labute approximate surface area is 132 Å². The molecular weight excluding hydrogens is 304 g/mol. The summed E-state index contributed by atoms with van der Waals surface area (Å²) in [5, 5.41) is 3.35. The third kappa shape index (κ3) is 3.86. The lowest BCUT2D eigenvalue weighted by atomic mass is 10.2. The Hall–Kier alpha value is -0.430. The molecule has 1 aliphatic carbocycles. The van der Waals surface area contributed by atoms with Crippen LogP contribution in [0.25, 0.3) is 0 Å². The first-order valence-corrected chi connectivity index (χ1v) is 9.80. The molecule has 1 saturated carbocycles. The minimum atomic E-state index is -3.36. The Kier molecular flexibility index (Phi) is 5.13. The van der Waals surface area contributed by atoms with Crippen LogP contribution in [0.3, 0.4) is 0 Å². The number of nitrogens with zero attached hydrogens (tertiary/aromatic N) is 1. The molecule has 1 aromatic heterocycles. The van der Waals surface area contributed by atoms with Crippen LogP contribution in [0, 0.1) is 12.8 Å². The van der Waals surface area contributed by atoms with E-state index in [0.29, 0.717) is 16.2 Å². The van der Waals surface area contributed by atoms with Crippen molar-refractivity contribution in [3.63, 3.8) is 0 Å². The molecule has 21 heavy (non-hydrogen) atoms. The number of hydrogen-bond donors (Lipinski definition) is 1. The fourth-order valence-electron chi connectivity index (χ4n) is 2.32. The molecule has 0 radical (unpaired) electrons. The quantitative estimate of drug-likeness (QED) is 0.836. The average Bonchev–Trinajstić information content (AvgIpc) is 3.18. The van der Waals surface area contributed by atoms with Crippen LogP contribution < -0.4 is 5.32 Å². The molecule has 0 bridgehead atoms. The van der Waals surface area contributed by atoms with E-state index in [0.717, 1.165) is 29.8 Å². The molecular formula is C15H26N2O2S2. The van der Waals surface area contributed by atoms with Crippen molar-refractivity contribution in [2.45, 2.75) is 63.4 Å². The summed E-state index contributed by atoms with van der Waals surface area (Å²) >= 11 is 1.39. The van der Waals surface area contributed by atoms with E-state index in [-0.39, 0.29) is 6.04 Å². The number of rotatable bonds is 7. The zero-order chi connectivity index (χ0) is 15.8. The van der Waals surface area contributed by atoms with Crippen LogP contribution in [0.1, 0.15) is 44.1 Å². The summed E-state index contributed by atoms with van der Waals surface area (Å²) in [7, 11) is -1.65. The predicted octanol–water partition coefficient (Wildman–Crippen LogP) is 2.97. The monoisotopic (exact) mass is 330 g/mol. The molecule has 1 aliphatic rings. The number of nitrogens with one attached hydrogen (secondary N) is 1. The van der Waals surface area contributed by atoms with Crippen molar-refractivity contribution in [1.82, 2.24) is 9.62 Å². The van der Waals surface area contributed by atoms with Crippen molar-refractivity contribution in [2.75, 3.05) is 7.05 Å². The number of aryl methyl sites for hydroxylation is 1. The van der Waals surface area contributed by atoms with Gasteiger partial charge >= 0.3 is 0 Å². The fourth-order valence-corrected chi connectivity index (χ4v) is 5.47. The van der Waals surface area contributed by atoms with Crippen LogP contribution in [0.4, 0.5) is 0 Å². The summed E-state index contributed by atoms with van der Waals surface area (Å²) in [5.74, 6) is 0.535. The Bertz CT molecular complexity index is 589. The summed E-state index contributed by atoms with van der Waals surface area (Å²) in [6, 6.07) is 2.30. The second-order valence-corrected chi connectivity index (χ2v) is 9.67. The molecule has 1 unspecified atom stereocenters. The minimum Gasteiger partial charge on any atom is -0.310 e. The zero-order valence-corrected chi connectivity index (χ0v) is 15.1. The van der Waals surface area contributed by atoms with E-state index in [4.69, 9.17) is 0 Å². The molecule has 0 aromatic carbocycles. The van der Waals surface area contributed by atoms with E-state index < -0.39 is 10.0 Å². The molecule has 0 saturated heterocycles. The van der Waals surface area contributed by atoms with E-state index in [1.807, 2.05) is 19.9 Å². The summed E-state index contributed by atoms with van der Waals surface area (Å²) in [4.78, 5) is 1.11. The number of hydrogen-bond acceptors (Lipinski definition) is 4. The topological polar surface area (TPSA) is 49.4 Å². The number of thiophene rings is 1. The Morgan fingerprint density at radius 2 is 2.00 bits per heavy atom. The molecule has 1 aromatic rings. The highest BCUT2D eigenvalue weighted by molar-refractivity contribution is 7.91. The maximum atomic E-state index is 12.7. The molecule has 2 rings (SSSR count). The van der Waals surface area contributed by atoms with Gasteiger partial charge in [-0.2, -0.15) is 4.31 Å². The van der Waals surface area contributed by atoms with Crippen molar-refractivity contribution < 1.29 is 8.42 Å². The highest BCUT2D eigenvalue weighted by Crippen LogP contribution is 2.37. The average molecular weight is 331 g/mol. The smallest absolute Gasteiger partial charge is 0.252 e. The number of sulfonamides is 1. The standard InChI is InChI=1S/C15H26N2O2S2/c1-10(2)16-9-14-11(3)8-15(20-14)21(18,19)17(5)12(4)13-6-7-13/h8,10,12-13,16H,6-7,9H2,1-5H3. The van der Waals surface area contributed by atoms with Crippen molar-refractivity contribution in [3.8, 4) is 0 Å². The van der Waals surface area contributed by atoms with Crippen LogP contribution in [0.2, 0.25) is 0 Å². The molecule has 0 amide bonds. The van der Waals surface area contributed by atoms with Gasteiger partial charge in [-0.1, -0.05) is 13.8 Å². The van der Waals surface area contributed by atoms with Gasteiger partial charge in [0.1, 0.15) is 4.21 Å². The lowest BCUT2D eigenvalue weighted by Crippen LogP contribution is -2.36. The Balaban J connectivity index is 2.18. The molecule has 4 nitrogen and oxygen atoms in total.